The van der Waals surface area contributed by atoms with E-state index in [2.05, 4.69) is 12.1 Å². The van der Waals surface area contributed by atoms with E-state index in [1.54, 1.807) is 33.9 Å². The van der Waals surface area contributed by atoms with Gasteiger partial charge in [-0.05, 0) is 53.6 Å². The SMILES string of the molecule is CN(C)c1ccc(C=C(C#N)c2cc[n+](CCC(=O)O)cc2)cc1.CN(C)c1ccc(C=O)cc1.N#CCc1cc[n+](CCC(=O)O)cc1.[I-].[I-]. The summed E-state index contributed by atoms with van der Waals surface area (Å²) in [6.45, 7) is 0.870. The van der Waals surface area contributed by atoms with Gasteiger partial charge in [-0.1, -0.05) is 12.1 Å². The zero-order chi connectivity index (χ0) is 36.2. The topological polar surface area (TPSA) is 153 Å². The Morgan fingerprint density at radius 3 is 1.45 bits per heavy atom. The Labute approximate surface area is 333 Å². The number of anilines is 2. The number of rotatable bonds is 12. The molecule has 0 spiro atoms. The summed E-state index contributed by atoms with van der Waals surface area (Å²) < 4.78 is 3.58. The minimum absolute atomic E-state index is 0. The van der Waals surface area contributed by atoms with Crippen molar-refractivity contribution in [2.24, 2.45) is 0 Å². The molecule has 0 aliphatic carbocycles. The van der Waals surface area contributed by atoms with Crippen LogP contribution in [0.2, 0.25) is 0 Å². The number of aliphatic carboxylic acids is 2. The van der Waals surface area contributed by atoms with Crippen molar-refractivity contribution in [3.8, 4) is 12.1 Å². The fourth-order valence-electron chi connectivity index (χ4n) is 4.15. The van der Waals surface area contributed by atoms with Gasteiger partial charge in [0.2, 0.25) is 0 Å². The molecule has 0 saturated carbocycles. The fraction of sp³-hybridized carbons (Fsp3) is 0.237. The number of carboxylic acids is 2. The van der Waals surface area contributed by atoms with Crippen molar-refractivity contribution in [3.63, 3.8) is 0 Å². The van der Waals surface area contributed by atoms with Gasteiger partial charge in [0.25, 0.3) is 0 Å². The third-order valence-electron chi connectivity index (χ3n) is 7.00. The summed E-state index contributed by atoms with van der Waals surface area (Å²) in [5.41, 5.74) is 6.20. The maximum atomic E-state index is 10.6. The monoisotopic (exact) mass is 916 g/mol. The fourth-order valence-corrected chi connectivity index (χ4v) is 4.15. The molecule has 0 bridgehead atoms. The Kier molecular flexibility index (Phi) is 22.7. The largest absolute Gasteiger partial charge is 1.00 e. The lowest BCUT2D eigenvalue weighted by Crippen LogP contribution is -3.00. The van der Waals surface area contributed by atoms with Crippen molar-refractivity contribution in [1.82, 2.24) is 0 Å². The number of hydrogen-bond acceptors (Lipinski definition) is 7. The summed E-state index contributed by atoms with van der Waals surface area (Å²) in [5.74, 6) is -1.64. The van der Waals surface area contributed by atoms with E-state index in [0.29, 0.717) is 25.1 Å². The van der Waals surface area contributed by atoms with Crippen LogP contribution in [0.3, 0.4) is 0 Å². The van der Waals surface area contributed by atoms with Crippen LogP contribution in [0.4, 0.5) is 11.4 Å². The average molecular weight is 917 g/mol. The second-order valence-electron chi connectivity index (χ2n) is 11.2. The molecule has 2 aromatic carbocycles. The van der Waals surface area contributed by atoms with Gasteiger partial charge in [-0.25, -0.2) is 9.13 Å². The number of nitrogens with zero attached hydrogens (tertiary/aromatic N) is 6. The quantitative estimate of drug-likeness (QED) is 0.0763. The Balaban J connectivity index is 0.000000790. The first-order valence-electron chi connectivity index (χ1n) is 15.4. The molecule has 11 nitrogen and oxygen atoms in total. The number of pyridine rings is 2. The number of hydrogen-bond donors (Lipinski definition) is 2. The first kappa shape index (κ1) is 46.1. The van der Waals surface area contributed by atoms with E-state index in [9.17, 15) is 19.6 Å². The Morgan fingerprint density at radius 1 is 0.686 bits per heavy atom. The van der Waals surface area contributed by atoms with Crippen LogP contribution in [0, 0.1) is 22.7 Å². The molecule has 4 aromatic rings. The lowest BCUT2D eigenvalue weighted by atomic mass is 10.0. The normalized spacial score (nSPS) is 9.73. The van der Waals surface area contributed by atoms with Crippen LogP contribution in [-0.2, 0) is 29.1 Å². The zero-order valence-electron chi connectivity index (χ0n) is 29.0. The lowest BCUT2D eigenvalue weighted by molar-refractivity contribution is -0.696. The molecule has 0 amide bonds. The maximum Gasteiger partial charge on any atom is 0.309 e. The summed E-state index contributed by atoms with van der Waals surface area (Å²) in [6.07, 6.45) is 10.4. The van der Waals surface area contributed by atoms with Crippen LogP contribution < -0.4 is 66.9 Å². The van der Waals surface area contributed by atoms with Crippen LogP contribution >= 0.6 is 0 Å². The maximum absolute atomic E-state index is 10.6. The summed E-state index contributed by atoms with van der Waals surface area (Å²) in [5, 5.41) is 35.0. The Bertz CT molecular complexity index is 1760. The van der Waals surface area contributed by atoms with Crippen LogP contribution in [-0.4, -0.2) is 56.6 Å². The highest BCUT2D eigenvalue weighted by Crippen LogP contribution is 2.19. The van der Waals surface area contributed by atoms with Crippen LogP contribution in [0.1, 0.15) is 39.9 Å². The van der Waals surface area contributed by atoms with Gasteiger partial charge < -0.3 is 68.0 Å². The average Bonchev–Trinajstić information content (AvgIpc) is 3.10. The van der Waals surface area contributed by atoms with Gasteiger partial charge in [0.05, 0.1) is 24.1 Å². The number of carbonyl (C=O) groups excluding carboxylic acids is 1. The number of aromatic nitrogens is 2. The molecule has 13 heteroatoms. The molecule has 268 valence electrons. The van der Waals surface area contributed by atoms with E-state index in [-0.39, 0.29) is 60.8 Å². The molecule has 0 radical (unpaired) electrons. The predicted octanol–water partition coefficient (Wildman–Crippen LogP) is -1.33. The minimum atomic E-state index is -0.828. The lowest BCUT2D eigenvalue weighted by Gasteiger charge is -2.11. The molecule has 0 unspecified atom stereocenters. The number of allylic oxidation sites excluding steroid dienone is 1. The number of carboxylic acid groups (broad SMARTS) is 2. The van der Waals surface area contributed by atoms with Crippen LogP contribution in [0.15, 0.2) is 97.6 Å². The van der Waals surface area contributed by atoms with Crippen molar-refractivity contribution >= 4 is 41.2 Å². The number of aldehydes is 1. The van der Waals surface area contributed by atoms with Gasteiger partial charge >= 0.3 is 11.9 Å². The second-order valence-corrected chi connectivity index (χ2v) is 11.2. The minimum Gasteiger partial charge on any atom is -1.00 e. The van der Waals surface area contributed by atoms with Gasteiger partial charge in [-0.2, -0.15) is 10.5 Å². The van der Waals surface area contributed by atoms with Crippen LogP contribution in [0.5, 0.6) is 0 Å². The first-order chi connectivity index (χ1) is 23.4. The predicted molar refractivity (Wildman–Crippen MR) is 188 cm³/mol. The number of halogens is 2. The van der Waals surface area contributed by atoms with Crippen LogP contribution in [0.25, 0.3) is 11.6 Å². The highest BCUT2D eigenvalue weighted by atomic mass is 127. The Hall–Kier alpha value is -4.87. The molecule has 51 heavy (non-hydrogen) atoms. The van der Waals surface area contributed by atoms with Gasteiger partial charge in [0, 0.05) is 75.0 Å². The molecule has 0 atom stereocenters. The molecule has 4 rings (SSSR count). The van der Waals surface area contributed by atoms with Gasteiger partial charge in [0.1, 0.15) is 19.1 Å². The Morgan fingerprint density at radius 2 is 1.10 bits per heavy atom. The molecule has 2 aromatic heterocycles. The van der Waals surface area contributed by atoms with Crippen molar-refractivity contribution in [2.45, 2.75) is 32.4 Å². The van der Waals surface area contributed by atoms with Gasteiger partial charge in [-0.15, -0.1) is 0 Å². The molecule has 0 fully saturated rings. The van der Waals surface area contributed by atoms with E-state index < -0.39 is 11.9 Å². The molecular formula is C38H42I2N6O5. The summed E-state index contributed by atoms with van der Waals surface area (Å²) in [7, 11) is 7.90. The number of benzene rings is 2. The molecular weight excluding hydrogens is 874 g/mol. The molecule has 0 aliphatic heterocycles. The number of carbonyl (C=O) groups is 3. The van der Waals surface area contributed by atoms with Crippen molar-refractivity contribution in [1.29, 1.82) is 10.5 Å². The standard InChI is InChI=1S/C19H19N3O2.C10H10N2O2.C9H11NO.2HI/c1-21(2)18-5-3-15(4-6-18)13-17(14-20)16-7-10-22(11-8-16)12-9-19(23)24;11-5-1-9-2-6-12(7-3-9)8-4-10(13)14;1-10(2)9-5-3-8(7-11)4-6-9;;/h3-8,10-11,13H,9,12H2,1-2H3;2-3,6-7H,1,4,8H2;3-7H,1-2H3;2*1H. The van der Waals surface area contributed by atoms with E-state index >= 15 is 0 Å². The summed E-state index contributed by atoms with van der Waals surface area (Å²) in [4.78, 5) is 35.2. The summed E-state index contributed by atoms with van der Waals surface area (Å²) in [6, 6.07) is 27.0. The zero-order valence-corrected chi connectivity index (χ0v) is 33.3. The van der Waals surface area contributed by atoms with Crippen molar-refractivity contribution in [3.05, 3.63) is 120 Å². The molecule has 0 saturated heterocycles. The highest BCUT2D eigenvalue weighted by molar-refractivity contribution is 5.89. The van der Waals surface area contributed by atoms with Gasteiger partial charge in [0.15, 0.2) is 37.9 Å². The summed E-state index contributed by atoms with van der Waals surface area (Å²) >= 11 is 0. The highest BCUT2D eigenvalue weighted by Gasteiger charge is 2.08. The smallest absolute Gasteiger partial charge is 0.309 e. The molecule has 2 heterocycles. The van der Waals surface area contributed by atoms with E-state index in [1.807, 2.05) is 117 Å². The second kappa shape index (κ2) is 25.1. The van der Waals surface area contributed by atoms with E-state index in [4.69, 9.17) is 15.5 Å². The van der Waals surface area contributed by atoms with Gasteiger partial charge in [-0.3, -0.25) is 14.4 Å². The van der Waals surface area contributed by atoms with Crippen molar-refractivity contribution in [2.75, 3.05) is 38.0 Å². The molecule has 0 aliphatic rings. The third kappa shape index (κ3) is 18.1. The van der Waals surface area contributed by atoms with E-state index in [1.165, 1.54) is 0 Å². The first-order valence-corrected chi connectivity index (χ1v) is 15.4. The third-order valence-corrected chi connectivity index (χ3v) is 7.00. The molecule has 2 N–H and O–H groups in total. The van der Waals surface area contributed by atoms with Crippen molar-refractivity contribution < 1.29 is 81.7 Å². The number of nitriles is 2. The number of aryl methyl sites for hydroxylation is 2. The van der Waals surface area contributed by atoms with E-state index in [0.717, 1.165) is 39.9 Å².